The molecule has 0 amide bonds. The number of aromatic nitrogens is 3. The van der Waals surface area contributed by atoms with Crippen LogP contribution in [0.15, 0.2) is 42.9 Å². The number of ether oxygens (including phenoxy) is 1. The maximum absolute atomic E-state index is 12.8. The summed E-state index contributed by atoms with van der Waals surface area (Å²) in [6.07, 6.45) is 0.0361. The van der Waals surface area contributed by atoms with Gasteiger partial charge < -0.3 is 14.5 Å². The summed E-state index contributed by atoms with van der Waals surface area (Å²) >= 11 is 0. The monoisotopic (exact) mass is 336 g/mol. The fourth-order valence-corrected chi connectivity index (χ4v) is 2.30. The number of hydrogen-bond donors (Lipinski definition) is 1. The van der Waals surface area contributed by atoms with Crippen LogP contribution in [0.5, 0.6) is 5.75 Å². The molecular weight excluding hydrogens is 321 g/mol. The summed E-state index contributed by atoms with van der Waals surface area (Å²) in [6.45, 7) is 0.521. The van der Waals surface area contributed by atoms with Gasteiger partial charge in [-0.2, -0.15) is 13.2 Å². The van der Waals surface area contributed by atoms with Gasteiger partial charge in [-0.15, -0.1) is 0 Å². The van der Waals surface area contributed by atoms with Crippen LogP contribution < -0.4 is 10.1 Å². The lowest BCUT2D eigenvalue weighted by Gasteiger charge is -2.07. The van der Waals surface area contributed by atoms with Crippen LogP contribution in [0.4, 0.5) is 19.0 Å². The molecule has 0 saturated heterocycles. The largest absolute Gasteiger partial charge is 0.497 e. The van der Waals surface area contributed by atoms with Crippen molar-refractivity contribution in [3.63, 3.8) is 0 Å². The summed E-state index contributed by atoms with van der Waals surface area (Å²) in [5.74, 6) is 1.09. The third kappa shape index (κ3) is 3.42. The van der Waals surface area contributed by atoms with Crippen molar-refractivity contribution in [1.82, 2.24) is 14.4 Å². The van der Waals surface area contributed by atoms with Gasteiger partial charge in [0.25, 0.3) is 0 Å². The van der Waals surface area contributed by atoms with Gasteiger partial charge in [-0.3, -0.25) is 0 Å². The van der Waals surface area contributed by atoms with Crippen LogP contribution in [-0.4, -0.2) is 28.0 Å². The highest BCUT2D eigenvalue weighted by Crippen LogP contribution is 2.29. The van der Waals surface area contributed by atoms with E-state index in [0.29, 0.717) is 18.8 Å². The number of alkyl halides is 3. The number of imidazole rings is 1. The molecule has 2 heterocycles. The first kappa shape index (κ1) is 16.1. The lowest BCUT2D eigenvalue weighted by atomic mass is 10.1. The highest BCUT2D eigenvalue weighted by Gasteiger charge is 2.34. The van der Waals surface area contributed by atoms with Crippen LogP contribution >= 0.6 is 0 Å². The van der Waals surface area contributed by atoms with Crippen LogP contribution in [0, 0.1) is 0 Å². The maximum atomic E-state index is 12.8. The smallest absolute Gasteiger partial charge is 0.434 e. The van der Waals surface area contributed by atoms with E-state index in [4.69, 9.17) is 4.74 Å². The molecule has 3 rings (SSSR count). The molecule has 0 unspecified atom stereocenters. The third-order valence-corrected chi connectivity index (χ3v) is 3.53. The molecule has 0 aliphatic carbocycles. The second kappa shape index (κ2) is 6.38. The van der Waals surface area contributed by atoms with E-state index in [1.54, 1.807) is 7.11 Å². The molecule has 0 fully saturated rings. The summed E-state index contributed by atoms with van der Waals surface area (Å²) < 4.78 is 44.7. The van der Waals surface area contributed by atoms with Crippen LogP contribution in [0.3, 0.4) is 0 Å². The molecule has 5 nitrogen and oxygen atoms in total. The number of anilines is 1. The molecule has 0 radical (unpaired) electrons. The first-order valence-corrected chi connectivity index (χ1v) is 7.25. The van der Waals surface area contributed by atoms with E-state index < -0.39 is 11.9 Å². The van der Waals surface area contributed by atoms with Crippen LogP contribution in [0.1, 0.15) is 11.3 Å². The van der Waals surface area contributed by atoms with Gasteiger partial charge in [0, 0.05) is 25.1 Å². The van der Waals surface area contributed by atoms with Crippen molar-refractivity contribution in [2.24, 2.45) is 0 Å². The Morgan fingerprint density at radius 3 is 2.62 bits per heavy atom. The number of nitrogens with one attached hydrogen (secondary N) is 1. The first-order valence-electron chi connectivity index (χ1n) is 7.25. The lowest BCUT2D eigenvalue weighted by molar-refractivity contribution is -0.140. The van der Waals surface area contributed by atoms with Crippen LogP contribution in [-0.2, 0) is 12.6 Å². The van der Waals surface area contributed by atoms with Gasteiger partial charge in [0.05, 0.1) is 7.11 Å². The molecule has 0 bridgehead atoms. The summed E-state index contributed by atoms with van der Waals surface area (Å²) in [7, 11) is 1.60. The molecule has 0 saturated carbocycles. The molecule has 0 spiro atoms. The number of fused-ring (bicyclic) bond motifs is 1. The zero-order valence-electron chi connectivity index (χ0n) is 12.8. The predicted octanol–water partition coefficient (Wildman–Crippen LogP) is 3.41. The number of rotatable bonds is 5. The van der Waals surface area contributed by atoms with Crippen molar-refractivity contribution >= 4 is 11.5 Å². The average molecular weight is 336 g/mol. The molecular formula is C16H15F3N4O. The lowest BCUT2D eigenvalue weighted by Crippen LogP contribution is -2.08. The Morgan fingerprint density at radius 1 is 1.21 bits per heavy atom. The molecule has 0 atom stereocenters. The maximum Gasteiger partial charge on any atom is 0.434 e. The molecule has 1 N–H and O–H groups in total. The molecule has 126 valence electrons. The standard InChI is InChI=1S/C16H15F3N4O/c1-24-12-4-2-11(3-5-12)6-7-20-14-15-22-13(16(17,18)19)10-23(15)9-8-21-14/h2-5,8-10H,6-7H2,1H3,(H,20,21). The van der Waals surface area contributed by atoms with Gasteiger partial charge in [0.2, 0.25) is 0 Å². The molecule has 8 heteroatoms. The second-order valence-electron chi connectivity index (χ2n) is 5.16. The SMILES string of the molecule is COc1ccc(CCNc2nccn3cc(C(F)(F)F)nc23)cc1. The summed E-state index contributed by atoms with van der Waals surface area (Å²) in [6, 6.07) is 7.59. The predicted molar refractivity (Wildman–Crippen MR) is 83.2 cm³/mol. The van der Waals surface area contributed by atoms with Crippen molar-refractivity contribution in [2.75, 3.05) is 19.0 Å². The molecule has 2 aromatic heterocycles. The number of methoxy groups -OCH3 is 1. The molecule has 1 aromatic carbocycles. The van der Waals surface area contributed by atoms with Crippen LogP contribution in [0.2, 0.25) is 0 Å². The highest BCUT2D eigenvalue weighted by atomic mass is 19.4. The van der Waals surface area contributed by atoms with Gasteiger partial charge in [0.15, 0.2) is 17.2 Å². The molecule has 0 aliphatic heterocycles. The van der Waals surface area contributed by atoms with E-state index in [9.17, 15) is 13.2 Å². The zero-order chi connectivity index (χ0) is 17.2. The van der Waals surface area contributed by atoms with Crippen LogP contribution in [0.25, 0.3) is 5.65 Å². The number of halogens is 3. The first-order chi connectivity index (χ1) is 11.5. The van der Waals surface area contributed by atoms with Crippen molar-refractivity contribution in [3.8, 4) is 5.75 Å². The fraction of sp³-hybridized carbons (Fsp3) is 0.250. The number of hydrogen-bond acceptors (Lipinski definition) is 4. The zero-order valence-corrected chi connectivity index (χ0v) is 12.8. The van der Waals surface area contributed by atoms with E-state index in [1.807, 2.05) is 24.3 Å². The van der Waals surface area contributed by atoms with Gasteiger partial charge in [-0.1, -0.05) is 12.1 Å². The summed E-state index contributed by atoms with van der Waals surface area (Å²) in [5, 5.41) is 3.04. The summed E-state index contributed by atoms with van der Waals surface area (Å²) in [4.78, 5) is 7.71. The number of nitrogens with zero attached hydrogens (tertiary/aromatic N) is 3. The van der Waals surface area contributed by atoms with E-state index in [-0.39, 0.29) is 5.65 Å². The molecule has 3 aromatic rings. The van der Waals surface area contributed by atoms with Gasteiger partial charge in [-0.25, -0.2) is 9.97 Å². The minimum Gasteiger partial charge on any atom is -0.497 e. The van der Waals surface area contributed by atoms with Gasteiger partial charge in [-0.05, 0) is 24.1 Å². The van der Waals surface area contributed by atoms with E-state index in [2.05, 4.69) is 15.3 Å². The highest BCUT2D eigenvalue weighted by molar-refractivity contribution is 5.63. The summed E-state index contributed by atoms with van der Waals surface area (Å²) in [5.41, 5.74) is 0.294. The molecule has 0 aliphatic rings. The topological polar surface area (TPSA) is 51.5 Å². The quantitative estimate of drug-likeness (QED) is 0.776. The van der Waals surface area contributed by atoms with Crippen molar-refractivity contribution in [3.05, 3.63) is 54.1 Å². The van der Waals surface area contributed by atoms with Gasteiger partial charge in [0.1, 0.15) is 5.75 Å². The Kier molecular flexibility index (Phi) is 4.28. The molecule has 24 heavy (non-hydrogen) atoms. The number of benzene rings is 1. The Labute approximate surface area is 136 Å². The Balaban J connectivity index is 1.71. The second-order valence-corrected chi connectivity index (χ2v) is 5.16. The third-order valence-electron chi connectivity index (χ3n) is 3.53. The van der Waals surface area contributed by atoms with E-state index in [0.717, 1.165) is 17.5 Å². The average Bonchev–Trinajstić information content (AvgIpc) is 3.01. The van der Waals surface area contributed by atoms with E-state index in [1.165, 1.54) is 16.8 Å². The minimum atomic E-state index is -4.48. The Morgan fingerprint density at radius 2 is 1.96 bits per heavy atom. The normalized spacial score (nSPS) is 11.7. The van der Waals surface area contributed by atoms with Gasteiger partial charge >= 0.3 is 6.18 Å². The van der Waals surface area contributed by atoms with E-state index >= 15 is 0 Å². The van der Waals surface area contributed by atoms with Crippen molar-refractivity contribution in [1.29, 1.82) is 0 Å². The van der Waals surface area contributed by atoms with Crippen molar-refractivity contribution in [2.45, 2.75) is 12.6 Å². The fourth-order valence-electron chi connectivity index (χ4n) is 2.30. The Bertz CT molecular complexity index is 827. The minimum absolute atomic E-state index is 0.152. The Hall–Kier alpha value is -2.77. The van der Waals surface area contributed by atoms with Crippen molar-refractivity contribution < 1.29 is 17.9 Å².